The Morgan fingerprint density at radius 3 is 2.57 bits per heavy atom. The van der Waals surface area contributed by atoms with Gasteiger partial charge in [0, 0.05) is 20.5 Å². The molecular formula is C20H24O8. The molecule has 1 unspecified atom stereocenters. The second-order valence-electron chi connectivity index (χ2n) is 6.10. The van der Waals surface area contributed by atoms with Crippen LogP contribution in [0.25, 0.3) is 0 Å². The Labute approximate surface area is 164 Å². The standard InChI is InChI=1S/C20H24O8/c1-4-24-13-17-18(25-12-16-8-6-5-7-9-16)19(26-14(2)22)20(28-17,10-11-21)27-15(3)23/h5-10,17-19H,4,12-13H2,1-3H3/t17-,18-,19-,20?/m1/s1/i10D. The highest BCUT2D eigenvalue weighted by Crippen LogP contribution is 2.38. The van der Waals surface area contributed by atoms with Gasteiger partial charge in [-0.1, -0.05) is 30.3 Å². The fraction of sp³-hybridized carbons (Fsp3) is 0.500. The largest absolute Gasteiger partial charge is 0.452 e. The summed E-state index contributed by atoms with van der Waals surface area (Å²) in [7, 11) is 0. The summed E-state index contributed by atoms with van der Waals surface area (Å²) in [6, 6.07) is 8.39. The molecule has 0 bridgehead atoms. The van der Waals surface area contributed by atoms with Gasteiger partial charge in [-0.2, -0.15) is 0 Å². The molecule has 2 rings (SSSR count). The van der Waals surface area contributed by atoms with Gasteiger partial charge in [-0.05, 0) is 12.5 Å². The Morgan fingerprint density at radius 1 is 1.29 bits per heavy atom. The van der Waals surface area contributed by atoms with Crippen molar-refractivity contribution in [2.45, 2.75) is 51.5 Å². The summed E-state index contributed by atoms with van der Waals surface area (Å²) < 4.78 is 35.6. The maximum atomic E-state index is 11.8. The minimum atomic E-state index is -2.28. The lowest BCUT2D eigenvalue weighted by Crippen LogP contribution is -2.48. The molecule has 0 saturated carbocycles. The first-order chi connectivity index (χ1) is 13.8. The first-order valence-corrected chi connectivity index (χ1v) is 8.84. The van der Waals surface area contributed by atoms with Gasteiger partial charge in [0.15, 0.2) is 0 Å². The monoisotopic (exact) mass is 393 g/mol. The van der Waals surface area contributed by atoms with Crippen LogP contribution in [0.15, 0.2) is 36.4 Å². The first-order valence-electron chi connectivity index (χ1n) is 9.34. The second-order valence-corrected chi connectivity index (χ2v) is 6.10. The predicted octanol–water partition coefficient (Wildman–Crippen LogP) is 1.59. The highest BCUT2D eigenvalue weighted by atomic mass is 16.8. The minimum absolute atomic E-state index is 0.00285. The Bertz CT molecular complexity index is 761. The van der Waals surface area contributed by atoms with Gasteiger partial charge in [0.25, 0.3) is 5.79 Å². The van der Waals surface area contributed by atoms with E-state index in [1.807, 2.05) is 30.3 Å². The van der Waals surface area contributed by atoms with Crippen molar-refractivity contribution >= 4 is 17.9 Å². The quantitative estimate of drug-likeness (QED) is 0.461. The molecule has 8 nitrogen and oxygen atoms in total. The molecule has 1 fully saturated rings. The second kappa shape index (κ2) is 10.1. The number of benzene rings is 1. The zero-order valence-electron chi connectivity index (χ0n) is 17.0. The summed E-state index contributed by atoms with van der Waals surface area (Å²) in [5, 5.41) is 0. The predicted molar refractivity (Wildman–Crippen MR) is 96.7 cm³/mol. The summed E-state index contributed by atoms with van der Waals surface area (Å²) in [4.78, 5) is 34.8. The third-order valence-electron chi connectivity index (χ3n) is 3.95. The van der Waals surface area contributed by atoms with E-state index < -0.39 is 42.1 Å². The lowest BCUT2D eigenvalue weighted by atomic mass is 10.0. The SMILES string of the molecule is [2H]C(=C=O)C1(OC(C)=O)O[C@H](COCC)[C@@H](OCc2ccccc2)[C@H]1OC(C)=O. The third-order valence-corrected chi connectivity index (χ3v) is 3.95. The van der Waals surface area contributed by atoms with E-state index in [1.165, 1.54) is 5.94 Å². The number of carbonyl (C=O) groups excluding carboxylic acids is 3. The van der Waals surface area contributed by atoms with Gasteiger partial charge in [0.1, 0.15) is 18.1 Å². The van der Waals surface area contributed by atoms with Crippen molar-refractivity contribution in [3.05, 3.63) is 41.9 Å². The Balaban J connectivity index is 2.43. The molecule has 1 aliphatic heterocycles. The first kappa shape index (κ1) is 20.2. The lowest BCUT2D eigenvalue weighted by Gasteiger charge is -2.30. The van der Waals surface area contributed by atoms with Crippen molar-refractivity contribution in [1.29, 1.82) is 0 Å². The van der Waals surface area contributed by atoms with Gasteiger partial charge >= 0.3 is 11.9 Å². The smallest absolute Gasteiger partial charge is 0.305 e. The van der Waals surface area contributed by atoms with Crippen LogP contribution >= 0.6 is 0 Å². The van der Waals surface area contributed by atoms with Crippen molar-refractivity contribution in [3.63, 3.8) is 0 Å². The van der Waals surface area contributed by atoms with Crippen molar-refractivity contribution < 1.29 is 39.4 Å². The molecule has 1 heterocycles. The average Bonchev–Trinajstić information content (AvgIpc) is 2.97. The van der Waals surface area contributed by atoms with E-state index in [0.717, 1.165) is 19.4 Å². The number of hydrogen-bond donors (Lipinski definition) is 0. The lowest BCUT2D eigenvalue weighted by molar-refractivity contribution is -0.231. The van der Waals surface area contributed by atoms with Crippen LogP contribution < -0.4 is 0 Å². The molecule has 28 heavy (non-hydrogen) atoms. The highest BCUT2D eigenvalue weighted by Gasteiger charge is 2.60. The Kier molecular flexibility index (Phi) is 7.33. The van der Waals surface area contributed by atoms with Crippen LogP contribution in [0.4, 0.5) is 0 Å². The molecule has 1 aromatic rings. The average molecular weight is 393 g/mol. The molecule has 0 amide bonds. The molecular weight excluding hydrogens is 368 g/mol. The van der Waals surface area contributed by atoms with Crippen LogP contribution in [-0.2, 0) is 44.7 Å². The molecule has 1 aromatic carbocycles. The van der Waals surface area contributed by atoms with Gasteiger partial charge in [-0.15, -0.1) is 0 Å². The number of ether oxygens (including phenoxy) is 5. The van der Waals surface area contributed by atoms with Crippen molar-refractivity contribution in [3.8, 4) is 0 Å². The molecule has 1 aliphatic rings. The summed E-state index contributed by atoms with van der Waals surface area (Å²) in [6.07, 6.45) is -3.25. The van der Waals surface area contributed by atoms with Crippen LogP contribution in [0.3, 0.4) is 0 Å². The third kappa shape index (κ3) is 5.50. The zero-order chi connectivity index (χ0) is 21.4. The maximum absolute atomic E-state index is 11.8. The van der Waals surface area contributed by atoms with E-state index in [4.69, 9.17) is 25.1 Å². The molecule has 0 aliphatic carbocycles. The molecule has 152 valence electrons. The fourth-order valence-corrected chi connectivity index (χ4v) is 2.91. The van der Waals surface area contributed by atoms with E-state index in [9.17, 15) is 14.4 Å². The molecule has 0 radical (unpaired) electrons. The van der Waals surface area contributed by atoms with Crippen LogP contribution in [0.2, 0.25) is 0 Å². The van der Waals surface area contributed by atoms with E-state index in [-0.39, 0.29) is 13.2 Å². The van der Waals surface area contributed by atoms with Gasteiger partial charge in [-0.25, -0.2) is 4.79 Å². The molecule has 0 aromatic heterocycles. The summed E-state index contributed by atoms with van der Waals surface area (Å²) in [6.45, 7) is 4.51. The van der Waals surface area contributed by atoms with Crippen molar-refractivity contribution in [2.24, 2.45) is 0 Å². The number of rotatable bonds is 9. The molecule has 1 saturated heterocycles. The topological polar surface area (TPSA) is 97.4 Å². The van der Waals surface area contributed by atoms with Crippen LogP contribution in [0.1, 0.15) is 27.7 Å². The fourth-order valence-electron chi connectivity index (χ4n) is 2.91. The van der Waals surface area contributed by atoms with E-state index >= 15 is 0 Å². The summed E-state index contributed by atoms with van der Waals surface area (Å²) in [5.41, 5.74) is 0.839. The van der Waals surface area contributed by atoms with Gasteiger partial charge in [0.05, 0.1) is 20.6 Å². The number of hydrogen-bond acceptors (Lipinski definition) is 8. The van der Waals surface area contributed by atoms with Crippen LogP contribution in [-0.4, -0.2) is 55.2 Å². The molecule has 0 spiro atoms. The van der Waals surface area contributed by atoms with Gasteiger partial charge in [0.2, 0.25) is 6.10 Å². The number of esters is 2. The van der Waals surface area contributed by atoms with Gasteiger partial charge in [-0.3, -0.25) is 9.59 Å². The Hall–Kier alpha value is -2.51. The van der Waals surface area contributed by atoms with Crippen molar-refractivity contribution in [1.82, 2.24) is 0 Å². The molecule has 0 N–H and O–H groups in total. The molecule has 8 heteroatoms. The molecule has 4 atom stereocenters. The normalized spacial score (nSPS) is 26.8. The van der Waals surface area contributed by atoms with Gasteiger partial charge < -0.3 is 23.7 Å². The maximum Gasteiger partial charge on any atom is 0.305 e. The van der Waals surface area contributed by atoms with Crippen molar-refractivity contribution in [2.75, 3.05) is 13.2 Å². The van der Waals surface area contributed by atoms with E-state index in [2.05, 4.69) is 0 Å². The van der Waals surface area contributed by atoms with E-state index in [1.54, 1.807) is 6.92 Å². The zero-order valence-corrected chi connectivity index (χ0v) is 16.0. The van der Waals surface area contributed by atoms with Crippen LogP contribution in [0, 0.1) is 0 Å². The van der Waals surface area contributed by atoms with E-state index in [0.29, 0.717) is 6.61 Å². The Morgan fingerprint density at radius 2 is 2.00 bits per heavy atom. The summed E-state index contributed by atoms with van der Waals surface area (Å²) >= 11 is 0. The van der Waals surface area contributed by atoms with Crippen LogP contribution in [0.5, 0.6) is 0 Å². The highest BCUT2D eigenvalue weighted by molar-refractivity contribution is 5.69. The summed E-state index contributed by atoms with van der Waals surface area (Å²) in [5.74, 6) is -2.46. The minimum Gasteiger partial charge on any atom is -0.452 e. The number of carbonyl (C=O) groups is 2.